The molecule has 54 valence electrons. The van der Waals surface area contributed by atoms with Gasteiger partial charge in [-0.1, -0.05) is 0 Å². The van der Waals surface area contributed by atoms with Crippen LogP contribution in [0.15, 0.2) is 0 Å². The summed E-state index contributed by atoms with van der Waals surface area (Å²) in [5.41, 5.74) is 0. The van der Waals surface area contributed by atoms with Gasteiger partial charge in [0, 0.05) is 0 Å². The Kier molecular flexibility index (Phi) is 4.23. The van der Waals surface area contributed by atoms with Crippen LogP contribution in [0.4, 0.5) is 0 Å². The molecule has 0 saturated heterocycles. The number of nitriles is 2. The molecule has 0 aliphatic rings. The van der Waals surface area contributed by atoms with E-state index in [4.69, 9.17) is 10.5 Å². The van der Waals surface area contributed by atoms with Gasteiger partial charge < -0.3 is 10.6 Å². The maximum atomic E-state index is 8.46. The smallest absolute Gasteiger partial charge is 0.124 e. The number of nitrogens with zero attached hydrogens (tertiary/aromatic N) is 2. The van der Waals surface area contributed by atoms with Crippen LogP contribution in [0.1, 0.15) is 0 Å². The minimum Gasteiger partial charge on any atom is -0.303 e. The van der Waals surface area contributed by atoms with Crippen molar-refractivity contribution in [1.29, 1.82) is 10.5 Å². The van der Waals surface area contributed by atoms with E-state index in [0.29, 0.717) is 0 Å². The van der Waals surface area contributed by atoms with Crippen molar-refractivity contribution in [3.05, 3.63) is 0 Å². The largest absolute Gasteiger partial charge is 0.303 e. The lowest BCUT2D eigenvalue weighted by Gasteiger charge is -2.12. The van der Waals surface area contributed by atoms with Gasteiger partial charge in [0.2, 0.25) is 0 Å². The molecule has 0 bridgehead atoms. The van der Waals surface area contributed by atoms with Crippen LogP contribution in [0.3, 0.4) is 0 Å². The zero-order valence-corrected chi connectivity index (χ0v) is 6.05. The Morgan fingerprint density at radius 3 is 1.40 bits per heavy atom. The van der Waals surface area contributed by atoms with Gasteiger partial charge in [-0.25, -0.2) is 0 Å². The fourth-order valence-corrected chi connectivity index (χ4v) is 0.612. The Balaban J connectivity index is 4.02. The molecule has 4 nitrogen and oxygen atoms in total. The Bertz CT molecular complexity index is 144. The quantitative estimate of drug-likeness (QED) is 0.536. The van der Waals surface area contributed by atoms with Crippen LogP contribution in [0.25, 0.3) is 0 Å². The lowest BCUT2D eigenvalue weighted by atomic mass is 10.1. The zero-order valence-electron chi connectivity index (χ0n) is 6.05. The molecular formula is C6H10N4. The van der Waals surface area contributed by atoms with Crippen molar-refractivity contribution < 1.29 is 0 Å². The summed E-state index contributed by atoms with van der Waals surface area (Å²) in [6.45, 7) is 0. The van der Waals surface area contributed by atoms with E-state index < -0.39 is 12.1 Å². The summed E-state index contributed by atoms with van der Waals surface area (Å²) < 4.78 is 0. The molecule has 0 amide bonds. The number of likely N-dealkylation sites (N-methyl/N-ethyl adjacent to an activating group) is 2. The molecule has 0 aromatic rings. The fraction of sp³-hybridized carbons (Fsp3) is 0.667. The van der Waals surface area contributed by atoms with E-state index in [0.717, 1.165) is 0 Å². The maximum absolute atomic E-state index is 8.46. The lowest BCUT2D eigenvalue weighted by Crippen LogP contribution is -2.43. The van der Waals surface area contributed by atoms with Gasteiger partial charge in [-0.3, -0.25) is 0 Å². The summed E-state index contributed by atoms with van der Waals surface area (Å²) in [7, 11) is 3.30. The summed E-state index contributed by atoms with van der Waals surface area (Å²) in [4.78, 5) is 0. The molecule has 0 radical (unpaired) electrons. The van der Waals surface area contributed by atoms with Crippen LogP contribution in [-0.2, 0) is 0 Å². The number of nitrogens with one attached hydrogen (secondary N) is 2. The first kappa shape index (κ1) is 8.90. The van der Waals surface area contributed by atoms with Crippen LogP contribution in [0.2, 0.25) is 0 Å². The van der Waals surface area contributed by atoms with Gasteiger partial charge in [0.05, 0.1) is 12.1 Å². The topological polar surface area (TPSA) is 71.6 Å². The van der Waals surface area contributed by atoms with Crippen molar-refractivity contribution in [2.24, 2.45) is 0 Å². The first-order valence-electron chi connectivity index (χ1n) is 2.94. The molecule has 2 N–H and O–H groups in total. The molecule has 0 aromatic carbocycles. The average molecular weight is 138 g/mol. The standard InChI is InChI=1S/C6H10N4/c1-9-5(3-7)6(4-8)10-2/h5-6,9-10H,1-2H3/t5-,6-/m0/s1. The number of hydrogen-bond acceptors (Lipinski definition) is 4. The van der Waals surface area contributed by atoms with E-state index in [1.54, 1.807) is 14.1 Å². The molecule has 0 rings (SSSR count). The minimum atomic E-state index is -0.435. The third-order valence-electron chi connectivity index (χ3n) is 1.23. The van der Waals surface area contributed by atoms with E-state index in [1.807, 2.05) is 12.1 Å². The molecular weight excluding hydrogens is 128 g/mol. The lowest BCUT2D eigenvalue weighted by molar-refractivity contribution is 0.550. The summed E-state index contributed by atoms with van der Waals surface area (Å²) in [6.07, 6.45) is 0. The molecule has 10 heavy (non-hydrogen) atoms. The molecule has 0 fully saturated rings. The van der Waals surface area contributed by atoms with Crippen LogP contribution in [0, 0.1) is 22.7 Å². The molecule has 0 aromatic heterocycles. The van der Waals surface area contributed by atoms with Crippen molar-refractivity contribution in [3.63, 3.8) is 0 Å². The van der Waals surface area contributed by atoms with Crippen LogP contribution >= 0.6 is 0 Å². The van der Waals surface area contributed by atoms with E-state index in [-0.39, 0.29) is 0 Å². The maximum Gasteiger partial charge on any atom is 0.124 e. The Hall–Kier alpha value is -1.10. The second kappa shape index (κ2) is 4.75. The molecule has 0 saturated carbocycles. The normalized spacial score (nSPS) is 14.8. The Labute approximate surface area is 60.4 Å². The second-order valence-electron chi connectivity index (χ2n) is 1.79. The highest BCUT2D eigenvalue weighted by Gasteiger charge is 2.15. The number of hydrogen-bond donors (Lipinski definition) is 2. The SMILES string of the molecule is CN[C@@H](C#N)[C@H](C#N)NC. The van der Waals surface area contributed by atoms with E-state index in [2.05, 4.69) is 10.6 Å². The fourth-order valence-electron chi connectivity index (χ4n) is 0.612. The van der Waals surface area contributed by atoms with Gasteiger partial charge in [-0.2, -0.15) is 10.5 Å². The van der Waals surface area contributed by atoms with Crippen LogP contribution in [-0.4, -0.2) is 26.2 Å². The van der Waals surface area contributed by atoms with Crippen molar-refractivity contribution in [1.82, 2.24) is 10.6 Å². The van der Waals surface area contributed by atoms with E-state index in [1.165, 1.54) is 0 Å². The van der Waals surface area contributed by atoms with Crippen LogP contribution in [0.5, 0.6) is 0 Å². The summed E-state index contributed by atoms with van der Waals surface area (Å²) in [5, 5.41) is 22.3. The molecule has 0 unspecified atom stereocenters. The monoisotopic (exact) mass is 138 g/mol. The van der Waals surface area contributed by atoms with E-state index >= 15 is 0 Å². The molecule has 2 atom stereocenters. The predicted octanol–water partition coefficient (Wildman–Crippen LogP) is -0.790. The highest BCUT2D eigenvalue weighted by molar-refractivity contribution is 5.07. The summed E-state index contributed by atoms with van der Waals surface area (Å²) in [6, 6.07) is 3.04. The molecule has 0 aliphatic heterocycles. The Morgan fingerprint density at radius 1 is 1.00 bits per heavy atom. The van der Waals surface area contributed by atoms with Crippen molar-refractivity contribution in [2.45, 2.75) is 12.1 Å². The molecule has 0 heterocycles. The van der Waals surface area contributed by atoms with Crippen molar-refractivity contribution in [2.75, 3.05) is 14.1 Å². The number of rotatable bonds is 3. The van der Waals surface area contributed by atoms with Crippen LogP contribution < -0.4 is 10.6 Å². The second-order valence-corrected chi connectivity index (χ2v) is 1.79. The summed E-state index contributed by atoms with van der Waals surface area (Å²) >= 11 is 0. The Morgan fingerprint density at radius 2 is 1.30 bits per heavy atom. The first-order chi connectivity index (χ1) is 4.79. The van der Waals surface area contributed by atoms with E-state index in [9.17, 15) is 0 Å². The molecule has 0 aliphatic carbocycles. The van der Waals surface area contributed by atoms with Gasteiger partial charge in [-0.05, 0) is 14.1 Å². The van der Waals surface area contributed by atoms with Crippen molar-refractivity contribution >= 4 is 0 Å². The molecule has 4 heteroatoms. The first-order valence-corrected chi connectivity index (χ1v) is 2.94. The van der Waals surface area contributed by atoms with Gasteiger partial charge in [-0.15, -0.1) is 0 Å². The van der Waals surface area contributed by atoms with Gasteiger partial charge in [0.15, 0.2) is 0 Å². The third-order valence-corrected chi connectivity index (χ3v) is 1.23. The minimum absolute atomic E-state index is 0.435. The summed E-state index contributed by atoms with van der Waals surface area (Å²) in [5.74, 6) is 0. The van der Waals surface area contributed by atoms with Crippen molar-refractivity contribution in [3.8, 4) is 12.1 Å². The highest BCUT2D eigenvalue weighted by Crippen LogP contribution is 1.87. The zero-order chi connectivity index (χ0) is 7.98. The predicted molar refractivity (Wildman–Crippen MR) is 36.9 cm³/mol. The molecule has 0 spiro atoms. The van der Waals surface area contributed by atoms with Gasteiger partial charge in [0.25, 0.3) is 0 Å². The van der Waals surface area contributed by atoms with Gasteiger partial charge in [0.1, 0.15) is 12.1 Å². The highest BCUT2D eigenvalue weighted by atomic mass is 15.0. The third kappa shape index (κ3) is 2.02. The average Bonchev–Trinajstić information content (AvgIpc) is 2.00. The van der Waals surface area contributed by atoms with Gasteiger partial charge >= 0.3 is 0 Å².